The summed E-state index contributed by atoms with van der Waals surface area (Å²) in [6.07, 6.45) is 3.44. The fourth-order valence-corrected chi connectivity index (χ4v) is 5.06. The van der Waals surface area contributed by atoms with Gasteiger partial charge < -0.3 is 20.7 Å². The molecule has 1 amide bonds. The summed E-state index contributed by atoms with van der Waals surface area (Å²) in [5.74, 6) is -0.110. The number of hydrogen-bond donors (Lipinski definition) is 3. The third kappa shape index (κ3) is 4.69. The van der Waals surface area contributed by atoms with Crippen molar-refractivity contribution in [3.8, 4) is 0 Å². The second-order valence-electron chi connectivity index (χ2n) is 9.17. The Labute approximate surface area is 175 Å². The molecule has 0 bridgehead atoms. The van der Waals surface area contributed by atoms with Gasteiger partial charge >= 0.3 is 6.09 Å². The smallest absolute Gasteiger partial charge is 0.407 e. The minimum Gasteiger partial charge on any atom is -0.444 e. The average Bonchev–Trinajstić information content (AvgIpc) is 3.36. The molecule has 2 saturated carbocycles. The molecule has 0 aromatic heterocycles. The third-order valence-corrected chi connectivity index (χ3v) is 6.61. The summed E-state index contributed by atoms with van der Waals surface area (Å²) in [5, 5.41) is 9.23. The SMILES string of the molecule is CC(C)(C)OC(=O)N[C@H]1CC[C@H](Nc2cc(F)cc3c2NC(C2CC2)=NS3(=O)=O)C1. The lowest BCUT2D eigenvalue weighted by Crippen LogP contribution is -2.38. The highest BCUT2D eigenvalue weighted by Crippen LogP contribution is 2.41. The Kier molecular flexibility index (Phi) is 5.16. The van der Waals surface area contributed by atoms with Gasteiger partial charge in [0.05, 0.1) is 11.4 Å². The fourth-order valence-electron chi connectivity index (χ4n) is 3.83. The van der Waals surface area contributed by atoms with Crippen molar-refractivity contribution < 1.29 is 22.3 Å². The number of halogens is 1. The van der Waals surface area contributed by atoms with Crippen LogP contribution in [0.1, 0.15) is 52.9 Å². The predicted molar refractivity (Wildman–Crippen MR) is 112 cm³/mol. The molecule has 10 heteroatoms. The predicted octanol–water partition coefficient (Wildman–Crippen LogP) is 3.61. The van der Waals surface area contributed by atoms with Crippen molar-refractivity contribution in [1.29, 1.82) is 0 Å². The molecule has 3 N–H and O–H groups in total. The number of fused-ring (bicyclic) bond motifs is 1. The number of carbonyl (C=O) groups excluding carboxylic acids is 1. The van der Waals surface area contributed by atoms with E-state index in [1.54, 1.807) is 20.8 Å². The Morgan fingerprint density at radius 1 is 1.20 bits per heavy atom. The Hall–Kier alpha value is -2.36. The van der Waals surface area contributed by atoms with E-state index in [-0.39, 0.29) is 22.9 Å². The number of nitrogens with zero attached hydrogens (tertiary/aromatic N) is 1. The second-order valence-corrected chi connectivity index (χ2v) is 10.7. The number of amidine groups is 1. The largest absolute Gasteiger partial charge is 0.444 e. The fraction of sp³-hybridized carbons (Fsp3) is 0.600. The first-order valence-electron chi connectivity index (χ1n) is 10.2. The van der Waals surface area contributed by atoms with Crippen LogP contribution in [0.2, 0.25) is 0 Å². The molecule has 2 fully saturated rings. The van der Waals surface area contributed by atoms with Gasteiger partial charge in [-0.25, -0.2) is 9.18 Å². The van der Waals surface area contributed by atoms with Crippen LogP contribution in [0.4, 0.5) is 20.6 Å². The first-order valence-corrected chi connectivity index (χ1v) is 11.7. The van der Waals surface area contributed by atoms with E-state index in [4.69, 9.17) is 4.74 Å². The van der Waals surface area contributed by atoms with E-state index in [1.165, 1.54) is 6.07 Å². The summed E-state index contributed by atoms with van der Waals surface area (Å²) in [7, 11) is -3.95. The molecule has 4 rings (SSSR count). The van der Waals surface area contributed by atoms with Crippen LogP contribution in [0, 0.1) is 11.7 Å². The van der Waals surface area contributed by atoms with Crippen LogP contribution in [0.3, 0.4) is 0 Å². The van der Waals surface area contributed by atoms with Crippen LogP contribution in [0.15, 0.2) is 21.4 Å². The molecule has 1 aromatic carbocycles. The first kappa shape index (κ1) is 20.9. The monoisotopic (exact) mass is 438 g/mol. The van der Waals surface area contributed by atoms with Gasteiger partial charge in [-0.05, 0) is 65.0 Å². The summed E-state index contributed by atoms with van der Waals surface area (Å²) >= 11 is 0. The Balaban J connectivity index is 1.48. The Morgan fingerprint density at radius 3 is 2.57 bits per heavy atom. The number of nitrogens with one attached hydrogen (secondary N) is 3. The summed E-state index contributed by atoms with van der Waals surface area (Å²) in [4.78, 5) is 11.8. The zero-order valence-corrected chi connectivity index (χ0v) is 18.1. The molecule has 2 atom stereocenters. The van der Waals surface area contributed by atoms with Gasteiger partial charge in [-0.3, -0.25) is 0 Å². The lowest BCUT2D eigenvalue weighted by molar-refractivity contribution is 0.0505. The van der Waals surface area contributed by atoms with E-state index in [1.807, 2.05) is 0 Å². The molecule has 1 aliphatic heterocycles. The molecule has 0 spiro atoms. The van der Waals surface area contributed by atoms with Crippen LogP contribution < -0.4 is 16.0 Å². The third-order valence-electron chi connectivity index (χ3n) is 5.29. The van der Waals surface area contributed by atoms with Crippen molar-refractivity contribution >= 4 is 33.3 Å². The van der Waals surface area contributed by atoms with Crippen LogP contribution in [-0.2, 0) is 14.8 Å². The number of ether oxygens (including phenoxy) is 1. The lowest BCUT2D eigenvalue weighted by Gasteiger charge is -2.24. The minimum atomic E-state index is -3.95. The van der Waals surface area contributed by atoms with E-state index in [9.17, 15) is 17.6 Å². The van der Waals surface area contributed by atoms with Crippen LogP contribution >= 0.6 is 0 Å². The van der Waals surface area contributed by atoms with Crippen LogP contribution in [0.5, 0.6) is 0 Å². The van der Waals surface area contributed by atoms with Gasteiger partial charge in [0.2, 0.25) is 0 Å². The normalized spacial score (nSPS) is 25.0. The summed E-state index contributed by atoms with van der Waals surface area (Å²) in [6.45, 7) is 5.41. The minimum absolute atomic E-state index is 0.0384. The van der Waals surface area contributed by atoms with Crippen molar-refractivity contribution in [3.63, 3.8) is 0 Å². The molecular weight excluding hydrogens is 411 g/mol. The van der Waals surface area contributed by atoms with E-state index in [0.29, 0.717) is 23.6 Å². The maximum absolute atomic E-state index is 14.2. The number of hydrogen-bond acceptors (Lipinski definition) is 6. The van der Waals surface area contributed by atoms with E-state index < -0.39 is 27.5 Å². The number of anilines is 2. The number of carbonyl (C=O) groups is 1. The van der Waals surface area contributed by atoms with Gasteiger partial charge in [0.15, 0.2) is 0 Å². The topological polar surface area (TPSA) is 109 Å². The summed E-state index contributed by atoms with van der Waals surface area (Å²) < 4.78 is 48.4. The van der Waals surface area contributed by atoms with Crippen molar-refractivity contribution in [2.24, 2.45) is 10.3 Å². The maximum atomic E-state index is 14.2. The zero-order chi connectivity index (χ0) is 21.7. The lowest BCUT2D eigenvalue weighted by atomic mass is 10.2. The molecule has 8 nitrogen and oxygen atoms in total. The number of benzene rings is 1. The Morgan fingerprint density at radius 2 is 1.90 bits per heavy atom. The molecule has 164 valence electrons. The number of sulfonamides is 1. The Bertz CT molecular complexity index is 999. The van der Waals surface area contributed by atoms with Gasteiger partial charge in [-0.15, -0.1) is 4.40 Å². The van der Waals surface area contributed by atoms with Gasteiger partial charge in [0.25, 0.3) is 10.0 Å². The van der Waals surface area contributed by atoms with Crippen LogP contribution in [-0.4, -0.2) is 38.0 Å². The van der Waals surface area contributed by atoms with Crippen molar-refractivity contribution in [2.75, 3.05) is 10.6 Å². The molecule has 0 radical (unpaired) electrons. The first-order chi connectivity index (χ1) is 14.0. The molecule has 2 aliphatic carbocycles. The number of amides is 1. The zero-order valence-electron chi connectivity index (χ0n) is 17.3. The second kappa shape index (κ2) is 7.40. The molecule has 30 heavy (non-hydrogen) atoms. The maximum Gasteiger partial charge on any atom is 0.407 e. The van der Waals surface area contributed by atoms with E-state index in [2.05, 4.69) is 20.3 Å². The molecular formula is C20H27FN4O4S. The van der Waals surface area contributed by atoms with Gasteiger partial charge in [0, 0.05) is 18.0 Å². The highest BCUT2D eigenvalue weighted by atomic mass is 32.2. The van der Waals surface area contributed by atoms with Gasteiger partial charge in [-0.2, -0.15) is 8.42 Å². The molecule has 0 unspecified atom stereocenters. The molecule has 3 aliphatic rings. The summed E-state index contributed by atoms with van der Waals surface area (Å²) in [6, 6.07) is 2.19. The molecule has 0 saturated heterocycles. The number of alkyl carbamates (subject to hydrolysis) is 1. The number of rotatable bonds is 4. The average molecular weight is 439 g/mol. The van der Waals surface area contributed by atoms with E-state index >= 15 is 0 Å². The highest BCUT2D eigenvalue weighted by molar-refractivity contribution is 7.90. The van der Waals surface area contributed by atoms with Crippen molar-refractivity contribution in [3.05, 3.63) is 17.9 Å². The van der Waals surface area contributed by atoms with Gasteiger partial charge in [-0.1, -0.05) is 0 Å². The quantitative estimate of drug-likeness (QED) is 0.663. The summed E-state index contributed by atoms with van der Waals surface area (Å²) in [5.41, 5.74) is 0.167. The van der Waals surface area contributed by atoms with Crippen molar-refractivity contribution in [2.45, 2.75) is 75.5 Å². The van der Waals surface area contributed by atoms with Gasteiger partial charge in [0.1, 0.15) is 22.1 Å². The van der Waals surface area contributed by atoms with Crippen LogP contribution in [0.25, 0.3) is 0 Å². The highest BCUT2D eigenvalue weighted by Gasteiger charge is 2.36. The standard InChI is InChI=1S/C20H27FN4O4S/c1-20(2,3)29-19(26)23-14-7-6-13(10-14)22-15-8-12(21)9-16-17(15)24-18(11-4-5-11)25-30(16,27)28/h8-9,11,13-14,22H,4-7,10H2,1-3H3,(H,23,26)(H,24,25)/t13-,14-/m0/s1. The van der Waals surface area contributed by atoms with Crippen molar-refractivity contribution in [1.82, 2.24) is 5.32 Å². The molecule has 1 heterocycles. The molecule has 1 aromatic rings. The van der Waals surface area contributed by atoms with E-state index in [0.717, 1.165) is 31.7 Å².